The molecule has 0 bridgehead atoms. The highest BCUT2D eigenvalue weighted by Crippen LogP contribution is 2.41. The first-order valence-electron chi connectivity index (χ1n) is 22.2. The minimum atomic E-state index is 0.0755. The lowest BCUT2D eigenvalue weighted by molar-refractivity contribution is 0.978. The van der Waals surface area contributed by atoms with Crippen molar-refractivity contribution in [3.8, 4) is 22.5 Å². The summed E-state index contributed by atoms with van der Waals surface area (Å²) in [6.07, 6.45) is 0. The van der Waals surface area contributed by atoms with Crippen LogP contribution in [0.4, 0.5) is 0 Å². The largest absolute Gasteiger partial charge is 0.309 e. The molecule has 2 atom stereocenters. The van der Waals surface area contributed by atoms with Gasteiger partial charge in [-0.05, 0) is 105 Å². The van der Waals surface area contributed by atoms with Gasteiger partial charge in [-0.2, -0.15) is 0 Å². The summed E-state index contributed by atoms with van der Waals surface area (Å²) in [6, 6.07) is 93.4. The van der Waals surface area contributed by atoms with Crippen molar-refractivity contribution in [2.24, 2.45) is 0 Å². The van der Waals surface area contributed by atoms with E-state index >= 15 is 0 Å². The maximum Gasteiger partial charge on any atom is 0.0541 e. The Balaban J connectivity index is 0.902. The first-order chi connectivity index (χ1) is 31.8. The number of fused-ring (bicyclic) bond motifs is 6. The summed E-state index contributed by atoms with van der Waals surface area (Å²) < 4.78 is 4.77. The molecule has 2 heteroatoms. The van der Waals surface area contributed by atoms with Crippen molar-refractivity contribution in [2.75, 3.05) is 0 Å². The zero-order chi connectivity index (χ0) is 42.4. The second-order valence-corrected chi connectivity index (χ2v) is 16.9. The van der Waals surface area contributed by atoms with Crippen LogP contribution in [0.1, 0.15) is 45.2 Å². The molecule has 302 valence electrons. The van der Waals surface area contributed by atoms with E-state index in [1.165, 1.54) is 99.5 Å². The fourth-order valence-electron chi connectivity index (χ4n) is 10.2. The average molecular weight is 817 g/mol. The summed E-state index contributed by atoms with van der Waals surface area (Å²) >= 11 is 0. The number of hydrogen-bond acceptors (Lipinski definition) is 0. The fraction of sp³-hybridized carbons (Fsp3) is 0.0323. The van der Waals surface area contributed by atoms with Gasteiger partial charge in [-0.25, -0.2) is 0 Å². The second kappa shape index (κ2) is 15.9. The molecule has 2 nitrogen and oxygen atoms in total. The van der Waals surface area contributed by atoms with Gasteiger partial charge >= 0.3 is 0 Å². The number of aromatic nitrogens is 2. The van der Waals surface area contributed by atoms with Gasteiger partial charge < -0.3 is 9.13 Å². The SMILES string of the molecule is c1ccc(C(c2ccc(-c3ccc(C(c4ccccc4)c4ccc5c(c4)c4ccccc4n5-c4ccccc4)cc3)cc2)c2ccc3c(c2)c2ccccc2n3-c2ccccc2)cc1. The Kier molecular flexibility index (Phi) is 9.34. The quantitative estimate of drug-likeness (QED) is 0.128. The van der Waals surface area contributed by atoms with Gasteiger partial charge in [0.15, 0.2) is 0 Å². The molecule has 0 aliphatic rings. The Bertz CT molecular complexity index is 3330. The Morgan fingerprint density at radius 3 is 0.906 bits per heavy atom. The predicted octanol–water partition coefficient (Wildman–Crippen LogP) is 15.9. The number of benzene rings is 10. The number of rotatable bonds is 9. The minimum absolute atomic E-state index is 0.0755. The summed E-state index contributed by atoms with van der Waals surface area (Å²) in [5.74, 6) is 0.151. The summed E-state index contributed by atoms with van der Waals surface area (Å²) in [6.45, 7) is 0. The molecule has 0 N–H and O–H groups in total. The number of nitrogens with zero attached hydrogens (tertiary/aromatic N) is 2. The van der Waals surface area contributed by atoms with E-state index in [0.717, 1.165) is 0 Å². The first kappa shape index (κ1) is 37.6. The van der Waals surface area contributed by atoms with E-state index in [9.17, 15) is 0 Å². The summed E-state index contributed by atoms with van der Waals surface area (Å²) in [5.41, 5.74) is 17.3. The molecular formula is C62H44N2. The Morgan fingerprint density at radius 1 is 0.219 bits per heavy atom. The summed E-state index contributed by atoms with van der Waals surface area (Å²) in [7, 11) is 0. The molecule has 0 radical (unpaired) electrons. The van der Waals surface area contributed by atoms with Crippen LogP contribution in [0.3, 0.4) is 0 Å². The van der Waals surface area contributed by atoms with Gasteiger partial charge in [0.25, 0.3) is 0 Å². The highest BCUT2D eigenvalue weighted by molar-refractivity contribution is 6.10. The van der Waals surface area contributed by atoms with Crippen molar-refractivity contribution in [1.29, 1.82) is 0 Å². The van der Waals surface area contributed by atoms with Crippen molar-refractivity contribution in [3.63, 3.8) is 0 Å². The zero-order valence-electron chi connectivity index (χ0n) is 35.3. The van der Waals surface area contributed by atoms with Crippen molar-refractivity contribution in [2.45, 2.75) is 11.8 Å². The molecular weight excluding hydrogens is 773 g/mol. The highest BCUT2D eigenvalue weighted by Gasteiger charge is 2.22. The molecule has 0 saturated heterocycles. The van der Waals surface area contributed by atoms with E-state index in [1.54, 1.807) is 0 Å². The van der Waals surface area contributed by atoms with E-state index in [2.05, 4.69) is 264 Å². The Hall–Kier alpha value is -8.20. The van der Waals surface area contributed by atoms with Gasteiger partial charge in [-0.15, -0.1) is 0 Å². The van der Waals surface area contributed by atoms with Crippen LogP contribution in [0.25, 0.3) is 66.1 Å². The van der Waals surface area contributed by atoms with Crippen molar-refractivity contribution < 1.29 is 0 Å². The van der Waals surface area contributed by atoms with E-state index < -0.39 is 0 Å². The summed E-state index contributed by atoms with van der Waals surface area (Å²) in [5, 5.41) is 5.06. The van der Waals surface area contributed by atoms with Gasteiger partial charge in [0.05, 0.1) is 22.1 Å². The molecule has 0 fully saturated rings. The predicted molar refractivity (Wildman–Crippen MR) is 268 cm³/mol. The first-order valence-corrected chi connectivity index (χ1v) is 22.2. The number of para-hydroxylation sites is 4. The molecule has 64 heavy (non-hydrogen) atoms. The van der Waals surface area contributed by atoms with E-state index in [1.807, 2.05) is 0 Å². The fourth-order valence-corrected chi connectivity index (χ4v) is 10.2. The maximum absolute atomic E-state index is 2.42. The molecule has 2 aromatic heterocycles. The summed E-state index contributed by atoms with van der Waals surface area (Å²) in [4.78, 5) is 0. The minimum Gasteiger partial charge on any atom is -0.309 e. The standard InChI is InChI=1S/C62H44N2/c1-5-17-45(18-6-1)61(49-37-39-59-55(41-49)53-25-13-15-27-57(53)63(59)51-21-9-3-10-22-51)47-33-29-43(30-34-47)44-31-35-48(36-32-44)62(46-19-7-2-8-20-46)50-38-40-60-56(42-50)54-26-14-16-28-58(54)64(60)52-23-11-4-12-24-52/h1-42,61-62H. The molecule has 2 unspecified atom stereocenters. The third kappa shape index (κ3) is 6.51. The third-order valence-electron chi connectivity index (χ3n) is 13.2. The van der Waals surface area contributed by atoms with E-state index in [-0.39, 0.29) is 11.8 Å². The molecule has 2 heterocycles. The van der Waals surface area contributed by atoms with Gasteiger partial charge in [-0.3, -0.25) is 0 Å². The Labute approximate surface area is 373 Å². The van der Waals surface area contributed by atoms with Crippen LogP contribution >= 0.6 is 0 Å². The van der Waals surface area contributed by atoms with Crippen molar-refractivity contribution in [3.05, 3.63) is 288 Å². The van der Waals surface area contributed by atoms with Crippen LogP contribution < -0.4 is 0 Å². The molecule has 0 aliphatic heterocycles. The lowest BCUT2D eigenvalue weighted by Gasteiger charge is -2.21. The van der Waals surface area contributed by atoms with Crippen LogP contribution in [0.2, 0.25) is 0 Å². The molecule has 0 saturated carbocycles. The monoisotopic (exact) mass is 816 g/mol. The Morgan fingerprint density at radius 2 is 0.516 bits per heavy atom. The lowest BCUT2D eigenvalue weighted by atomic mass is 9.83. The second-order valence-electron chi connectivity index (χ2n) is 16.9. The topological polar surface area (TPSA) is 9.86 Å². The van der Waals surface area contributed by atoms with Gasteiger partial charge in [-0.1, -0.05) is 194 Å². The van der Waals surface area contributed by atoms with Crippen LogP contribution in [0.5, 0.6) is 0 Å². The molecule has 12 aromatic rings. The molecule has 12 rings (SSSR count). The van der Waals surface area contributed by atoms with Crippen molar-refractivity contribution in [1.82, 2.24) is 9.13 Å². The van der Waals surface area contributed by atoms with Gasteiger partial charge in [0, 0.05) is 44.8 Å². The average Bonchev–Trinajstić information content (AvgIpc) is 3.88. The molecule has 0 amide bonds. The van der Waals surface area contributed by atoms with Crippen molar-refractivity contribution >= 4 is 43.6 Å². The van der Waals surface area contributed by atoms with Crippen LogP contribution in [0, 0.1) is 0 Å². The third-order valence-corrected chi connectivity index (χ3v) is 13.2. The van der Waals surface area contributed by atoms with Crippen LogP contribution in [-0.4, -0.2) is 9.13 Å². The molecule has 10 aromatic carbocycles. The lowest BCUT2D eigenvalue weighted by Crippen LogP contribution is -2.04. The molecule has 0 aliphatic carbocycles. The van der Waals surface area contributed by atoms with Gasteiger partial charge in [0.1, 0.15) is 0 Å². The zero-order valence-corrected chi connectivity index (χ0v) is 35.3. The van der Waals surface area contributed by atoms with Crippen LogP contribution in [-0.2, 0) is 0 Å². The normalized spacial score (nSPS) is 12.6. The van der Waals surface area contributed by atoms with Gasteiger partial charge in [0.2, 0.25) is 0 Å². The van der Waals surface area contributed by atoms with E-state index in [4.69, 9.17) is 0 Å². The smallest absolute Gasteiger partial charge is 0.0541 e. The number of hydrogen-bond donors (Lipinski definition) is 0. The maximum atomic E-state index is 2.42. The molecule has 0 spiro atoms. The van der Waals surface area contributed by atoms with E-state index in [0.29, 0.717) is 0 Å². The highest BCUT2D eigenvalue weighted by atomic mass is 15.0. The van der Waals surface area contributed by atoms with Crippen LogP contribution in [0.15, 0.2) is 255 Å².